The number of rotatable bonds is 3. The lowest BCUT2D eigenvalue weighted by atomic mass is 10.2. The summed E-state index contributed by atoms with van der Waals surface area (Å²) in [5.74, 6) is -0.564. The van der Waals surface area contributed by atoms with Gasteiger partial charge in [-0.2, -0.15) is 0 Å². The predicted molar refractivity (Wildman–Crippen MR) is 62.0 cm³/mol. The fourth-order valence-electron chi connectivity index (χ4n) is 1.09. The zero-order valence-corrected chi connectivity index (χ0v) is 9.67. The topological polar surface area (TPSA) is 58.2 Å². The van der Waals surface area contributed by atoms with E-state index in [4.69, 9.17) is 11.6 Å². The van der Waals surface area contributed by atoms with Crippen LogP contribution >= 0.6 is 11.6 Å². The van der Waals surface area contributed by atoms with Crippen molar-refractivity contribution in [3.63, 3.8) is 0 Å². The van der Waals surface area contributed by atoms with E-state index in [1.165, 1.54) is 0 Å². The van der Waals surface area contributed by atoms with Gasteiger partial charge in [-0.15, -0.1) is 0 Å². The maximum absolute atomic E-state index is 11.5. The molecule has 0 saturated carbocycles. The summed E-state index contributed by atoms with van der Waals surface area (Å²) in [6.45, 7) is 1.89. The molecule has 16 heavy (non-hydrogen) atoms. The summed E-state index contributed by atoms with van der Waals surface area (Å²) in [4.78, 5) is 22.6. The lowest BCUT2D eigenvalue weighted by molar-refractivity contribution is -0.121. The van der Waals surface area contributed by atoms with Gasteiger partial charge in [-0.3, -0.25) is 20.4 Å². The molecule has 0 bridgehead atoms. The van der Waals surface area contributed by atoms with E-state index in [-0.39, 0.29) is 11.8 Å². The van der Waals surface area contributed by atoms with E-state index in [1.54, 1.807) is 24.3 Å². The van der Waals surface area contributed by atoms with Crippen LogP contribution < -0.4 is 10.9 Å². The Balaban J connectivity index is 2.47. The van der Waals surface area contributed by atoms with Crippen molar-refractivity contribution in [3.05, 3.63) is 34.9 Å². The maximum Gasteiger partial charge on any atom is 0.269 e. The monoisotopic (exact) mass is 240 g/mol. The van der Waals surface area contributed by atoms with Crippen molar-refractivity contribution in [2.75, 3.05) is 0 Å². The summed E-state index contributed by atoms with van der Waals surface area (Å²) in [7, 11) is 0. The average molecular weight is 241 g/mol. The second-order valence-corrected chi connectivity index (χ2v) is 3.70. The van der Waals surface area contributed by atoms with Crippen LogP contribution in [-0.4, -0.2) is 11.8 Å². The lowest BCUT2D eigenvalue weighted by Crippen LogP contribution is -2.41. The molecule has 0 aliphatic rings. The van der Waals surface area contributed by atoms with Gasteiger partial charge in [0.25, 0.3) is 5.91 Å². The number of benzene rings is 1. The molecule has 1 aromatic rings. The lowest BCUT2D eigenvalue weighted by Gasteiger charge is -2.06. The number of carbonyl (C=O) groups is 2. The molecule has 0 heterocycles. The second-order valence-electron chi connectivity index (χ2n) is 3.26. The summed E-state index contributed by atoms with van der Waals surface area (Å²) in [6.07, 6.45) is 1.13. The number of nitrogens with one attached hydrogen (secondary N) is 2. The Morgan fingerprint density at radius 3 is 2.38 bits per heavy atom. The molecule has 2 N–H and O–H groups in total. The zero-order chi connectivity index (χ0) is 12.0. The molecule has 0 saturated heterocycles. The summed E-state index contributed by atoms with van der Waals surface area (Å²) in [5, 5.41) is 0.562. The van der Waals surface area contributed by atoms with E-state index in [2.05, 4.69) is 10.9 Å². The van der Waals surface area contributed by atoms with Gasteiger partial charge in [-0.25, -0.2) is 0 Å². The fourth-order valence-corrected chi connectivity index (χ4v) is 1.22. The molecule has 2 amide bonds. The predicted octanol–water partition coefficient (Wildman–Crippen LogP) is 1.90. The number of hydrogen-bond acceptors (Lipinski definition) is 2. The van der Waals surface area contributed by atoms with Crippen LogP contribution in [0.25, 0.3) is 0 Å². The zero-order valence-electron chi connectivity index (χ0n) is 8.92. The van der Waals surface area contributed by atoms with Gasteiger partial charge in [0.2, 0.25) is 5.91 Å². The van der Waals surface area contributed by atoms with E-state index in [9.17, 15) is 9.59 Å². The van der Waals surface area contributed by atoms with Crippen LogP contribution in [0.15, 0.2) is 24.3 Å². The first kappa shape index (κ1) is 12.5. The van der Waals surface area contributed by atoms with Crippen LogP contribution in [0.5, 0.6) is 0 Å². The number of halogens is 1. The summed E-state index contributed by atoms with van der Waals surface area (Å²) < 4.78 is 0. The molecule has 1 rings (SSSR count). The van der Waals surface area contributed by atoms with Gasteiger partial charge in [0.15, 0.2) is 0 Å². The summed E-state index contributed by atoms with van der Waals surface area (Å²) >= 11 is 5.68. The van der Waals surface area contributed by atoms with E-state index in [0.717, 1.165) is 6.42 Å². The minimum Gasteiger partial charge on any atom is -0.273 e. The van der Waals surface area contributed by atoms with Crippen LogP contribution in [0.1, 0.15) is 30.1 Å². The summed E-state index contributed by atoms with van der Waals surface area (Å²) in [5.41, 5.74) is 5.09. The van der Waals surface area contributed by atoms with Crippen LogP contribution in [0.2, 0.25) is 5.02 Å². The van der Waals surface area contributed by atoms with Gasteiger partial charge < -0.3 is 0 Å². The molecule has 1 aromatic carbocycles. The fraction of sp³-hybridized carbons (Fsp3) is 0.273. The molecule has 0 unspecified atom stereocenters. The molecule has 5 heteroatoms. The van der Waals surface area contributed by atoms with Gasteiger partial charge in [-0.1, -0.05) is 18.5 Å². The van der Waals surface area contributed by atoms with Gasteiger partial charge in [-0.05, 0) is 30.7 Å². The number of hydrazine groups is 1. The average Bonchev–Trinajstić information content (AvgIpc) is 2.27. The van der Waals surface area contributed by atoms with Crippen molar-refractivity contribution < 1.29 is 9.59 Å². The largest absolute Gasteiger partial charge is 0.273 e. The first-order valence-electron chi connectivity index (χ1n) is 4.98. The van der Waals surface area contributed by atoms with Crippen molar-refractivity contribution in [1.82, 2.24) is 10.9 Å². The quantitative estimate of drug-likeness (QED) is 0.793. The molecule has 0 atom stereocenters. The first-order valence-corrected chi connectivity index (χ1v) is 5.36. The smallest absolute Gasteiger partial charge is 0.269 e. The molecule has 0 radical (unpaired) electrons. The molecular formula is C11H13ClN2O2. The molecular weight excluding hydrogens is 228 g/mol. The third-order valence-corrected chi connectivity index (χ3v) is 2.15. The maximum atomic E-state index is 11.5. The van der Waals surface area contributed by atoms with Gasteiger partial charge in [0.05, 0.1) is 0 Å². The van der Waals surface area contributed by atoms with Gasteiger partial charge >= 0.3 is 0 Å². The highest BCUT2D eigenvalue weighted by atomic mass is 35.5. The minimum atomic E-state index is -0.360. The minimum absolute atomic E-state index is 0.204. The van der Waals surface area contributed by atoms with Gasteiger partial charge in [0, 0.05) is 17.0 Å². The van der Waals surface area contributed by atoms with E-state index >= 15 is 0 Å². The molecule has 0 aliphatic carbocycles. The third kappa shape index (κ3) is 3.90. The van der Waals surface area contributed by atoms with E-state index < -0.39 is 0 Å². The molecule has 86 valence electrons. The normalized spacial score (nSPS) is 9.62. The van der Waals surface area contributed by atoms with Crippen molar-refractivity contribution in [3.8, 4) is 0 Å². The highest BCUT2D eigenvalue weighted by molar-refractivity contribution is 6.30. The summed E-state index contributed by atoms with van der Waals surface area (Å²) in [6, 6.07) is 6.40. The van der Waals surface area contributed by atoms with Crippen LogP contribution in [0, 0.1) is 0 Å². The van der Waals surface area contributed by atoms with Crippen LogP contribution in [0.4, 0.5) is 0 Å². The van der Waals surface area contributed by atoms with Crippen molar-refractivity contribution in [1.29, 1.82) is 0 Å². The van der Waals surface area contributed by atoms with Crippen molar-refractivity contribution in [2.24, 2.45) is 0 Å². The Bertz CT molecular complexity index is 376. The highest BCUT2D eigenvalue weighted by Crippen LogP contribution is 2.08. The third-order valence-electron chi connectivity index (χ3n) is 1.90. The highest BCUT2D eigenvalue weighted by Gasteiger charge is 2.06. The van der Waals surface area contributed by atoms with Crippen molar-refractivity contribution >= 4 is 23.4 Å². The molecule has 0 spiro atoms. The van der Waals surface area contributed by atoms with Crippen LogP contribution in [0.3, 0.4) is 0 Å². The first-order chi connectivity index (χ1) is 7.63. The molecule has 4 nitrogen and oxygen atoms in total. The number of hydrogen-bond donors (Lipinski definition) is 2. The van der Waals surface area contributed by atoms with E-state index in [1.807, 2.05) is 6.92 Å². The Morgan fingerprint density at radius 2 is 1.81 bits per heavy atom. The Hall–Kier alpha value is -1.55. The Labute approximate surface area is 99.0 Å². The van der Waals surface area contributed by atoms with Gasteiger partial charge in [0.1, 0.15) is 0 Å². The molecule has 0 aromatic heterocycles. The van der Waals surface area contributed by atoms with Crippen LogP contribution in [-0.2, 0) is 4.79 Å². The molecule has 0 fully saturated rings. The SMILES string of the molecule is CCCC(=O)NNC(=O)c1ccc(Cl)cc1. The number of carbonyl (C=O) groups excluding carboxylic acids is 2. The number of amides is 2. The standard InChI is InChI=1S/C11H13ClN2O2/c1-2-3-10(15)13-14-11(16)8-4-6-9(12)7-5-8/h4-7H,2-3H2,1H3,(H,13,15)(H,14,16). The Morgan fingerprint density at radius 1 is 1.19 bits per heavy atom. The van der Waals surface area contributed by atoms with E-state index in [0.29, 0.717) is 17.0 Å². The Kier molecular flexibility index (Phi) is 4.79. The van der Waals surface area contributed by atoms with Crippen molar-refractivity contribution in [2.45, 2.75) is 19.8 Å². The molecule has 0 aliphatic heterocycles. The second kappa shape index (κ2) is 6.12.